The zero-order chi connectivity index (χ0) is 37.6. The maximum Gasteiger partial charge on any atom is 0.421 e. The summed E-state index contributed by atoms with van der Waals surface area (Å²) < 4.78 is 77.5. The molecule has 0 saturated heterocycles. The summed E-state index contributed by atoms with van der Waals surface area (Å²) >= 11 is 0. The van der Waals surface area contributed by atoms with E-state index in [1.165, 1.54) is 7.11 Å². The zero-order valence-electron chi connectivity index (χ0n) is 29.7. The molecule has 3 N–H and O–H groups in total. The second-order valence-electron chi connectivity index (χ2n) is 12.4. The molecule has 280 valence electrons. The van der Waals surface area contributed by atoms with Crippen LogP contribution in [0.15, 0.2) is 47.5 Å². The van der Waals surface area contributed by atoms with Crippen LogP contribution in [-0.4, -0.2) is 47.9 Å². The monoisotopic (exact) mass is 745 g/mol. The first kappa shape index (κ1) is 38.8. The quantitative estimate of drug-likeness (QED) is 0.0839. The number of hydrogen-bond acceptors (Lipinski definition) is 11. The van der Waals surface area contributed by atoms with Gasteiger partial charge in [-0.1, -0.05) is 12.1 Å². The molecule has 1 aliphatic rings. The number of carbonyl (C=O) groups is 1. The van der Waals surface area contributed by atoms with Gasteiger partial charge >= 0.3 is 19.7 Å². The van der Waals surface area contributed by atoms with Gasteiger partial charge in [-0.15, -0.1) is 0 Å². The summed E-state index contributed by atoms with van der Waals surface area (Å²) in [5.41, 5.74) is 1.30. The van der Waals surface area contributed by atoms with E-state index in [1.54, 1.807) is 64.2 Å². The average molecular weight is 746 g/mol. The normalized spacial score (nSPS) is 16.5. The van der Waals surface area contributed by atoms with Crippen LogP contribution < -0.4 is 20.8 Å². The number of esters is 1. The van der Waals surface area contributed by atoms with Gasteiger partial charge in [-0.25, -0.2) is 4.98 Å². The number of hydrogen-bond donors (Lipinski definition) is 3. The van der Waals surface area contributed by atoms with E-state index in [4.69, 9.17) is 18.5 Å². The molecule has 1 fully saturated rings. The molecule has 2 aromatic carbocycles. The highest BCUT2D eigenvalue weighted by Crippen LogP contribution is 2.52. The highest BCUT2D eigenvalue weighted by molar-refractivity contribution is 7.53. The number of nitrogens with one attached hydrogen (secondary N) is 3. The summed E-state index contributed by atoms with van der Waals surface area (Å²) in [5.74, 6) is -0.846. The first-order valence-electron chi connectivity index (χ1n) is 17.2. The van der Waals surface area contributed by atoms with Gasteiger partial charge in [0.15, 0.2) is 5.43 Å². The second kappa shape index (κ2) is 16.5. The van der Waals surface area contributed by atoms with Gasteiger partial charge in [-0.05, 0) is 88.6 Å². The first-order chi connectivity index (χ1) is 24.8. The smallest absolute Gasteiger partial charge is 0.421 e. The van der Waals surface area contributed by atoms with E-state index in [2.05, 4.69) is 25.6 Å². The van der Waals surface area contributed by atoms with Gasteiger partial charge < -0.3 is 34.1 Å². The largest absolute Gasteiger partial charge is 0.495 e. The molecule has 4 aromatic rings. The van der Waals surface area contributed by atoms with Gasteiger partial charge in [0, 0.05) is 18.0 Å². The minimum Gasteiger partial charge on any atom is -0.495 e. The van der Waals surface area contributed by atoms with Crippen molar-refractivity contribution in [3.8, 4) is 5.75 Å². The Kier molecular flexibility index (Phi) is 12.3. The Labute approximate surface area is 299 Å². The van der Waals surface area contributed by atoms with Gasteiger partial charge in [0.2, 0.25) is 5.95 Å². The number of aryl methyl sites for hydroxylation is 1. The number of anilines is 4. The molecular formula is C36H43F3N5O7P. The van der Waals surface area contributed by atoms with Crippen molar-refractivity contribution in [1.82, 2.24) is 15.0 Å². The third-order valence-electron chi connectivity index (χ3n) is 8.93. The number of nitrogens with zero attached hydrogens (tertiary/aromatic N) is 2. The fourth-order valence-corrected chi connectivity index (χ4v) is 8.16. The fourth-order valence-electron chi connectivity index (χ4n) is 6.47. The summed E-state index contributed by atoms with van der Waals surface area (Å²) in [6.45, 7) is 7.53. The second-order valence-corrected chi connectivity index (χ2v) is 14.5. The molecule has 2 heterocycles. The van der Waals surface area contributed by atoms with Crippen LogP contribution >= 0.6 is 7.60 Å². The molecule has 0 bridgehead atoms. The molecule has 0 amide bonds. The van der Waals surface area contributed by atoms with Crippen LogP contribution in [0.2, 0.25) is 0 Å². The molecule has 0 radical (unpaired) electrons. The molecule has 5 rings (SSSR count). The number of aromatic nitrogens is 3. The summed E-state index contributed by atoms with van der Waals surface area (Å²) in [4.78, 5) is 37.2. The Morgan fingerprint density at radius 1 is 1.00 bits per heavy atom. The van der Waals surface area contributed by atoms with Crippen LogP contribution in [0.3, 0.4) is 0 Å². The lowest BCUT2D eigenvalue weighted by atomic mass is 9.78. The number of methoxy groups -OCH3 is 1. The van der Waals surface area contributed by atoms with Crippen molar-refractivity contribution in [3.05, 3.63) is 75.2 Å². The third-order valence-corrected chi connectivity index (χ3v) is 11.0. The molecule has 0 aliphatic heterocycles. The maximum atomic E-state index is 14.3. The van der Waals surface area contributed by atoms with E-state index in [0.717, 1.165) is 5.56 Å². The Hall–Kier alpha value is -4.46. The lowest BCUT2D eigenvalue weighted by Crippen LogP contribution is -2.23. The van der Waals surface area contributed by atoms with Crippen molar-refractivity contribution in [2.75, 3.05) is 37.6 Å². The molecule has 12 nitrogen and oxygen atoms in total. The predicted octanol–water partition coefficient (Wildman–Crippen LogP) is 8.74. The van der Waals surface area contributed by atoms with E-state index in [1.807, 2.05) is 0 Å². The van der Waals surface area contributed by atoms with Gasteiger partial charge in [0.25, 0.3) is 0 Å². The Morgan fingerprint density at radius 2 is 1.69 bits per heavy atom. The van der Waals surface area contributed by atoms with E-state index in [9.17, 15) is 27.3 Å². The number of fused-ring (bicyclic) bond motifs is 1. The molecule has 16 heteroatoms. The molecule has 1 aliphatic carbocycles. The molecule has 1 saturated carbocycles. The zero-order valence-corrected chi connectivity index (χ0v) is 30.6. The molecule has 0 spiro atoms. The highest BCUT2D eigenvalue weighted by Gasteiger charge is 2.36. The number of benzene rings is 2. The van der Waals surface area contributed by atoms with Gasteiger partial charge in [0.1, 0.15) is 17.1 Å². The molecule has 52 heavy (non-hydrogen) atoms. The molecule has 0 unspecified atom stereocenters. The average Bonchev–Trinajstić information content (AvgIpc) is 3.10. The number of halogens is 3. The lowest BCUT2D eigenvalue weighted by molar-refractivity contribution is -0.149. The van der Waals surface area contributed by atoms with Crippen molar-refractivity contribution in [3.63, 3.8) is 0 Å². The van der Waals surface area contributed by atoms with Crippen molar-refractivity contribution in [2.24, 2.45) is 5.92 Å². The summed E-state index contributed by atoms with van der Waals surface area (Å²) in [6.07, 6.45) is 0.0189. The van der Waals surface area contributed by atoms with Crippen LogP contribution in [0, 0.1) is 12.8 Å². The van der Waals surface area contributed by atoms with Crippen LogP contribution in [0.4, 0.5) is 36.3 Å². The van der Waals surface area contributed by atoms with E-state index in [0.29, 0.717) is 60.8 Å². The minimum absolute atomic E-state index is 0.0175. The summed E-state index contributed by atoms with van der Waals surface area (Å²) in [6, 6.07) is 8.25. The number of alkyl halides is 3. The number of pyridine rings is 1. The Morgan fingerprint density at radius 3 is 2.33 bits per heavy atom. The van der Waals surface area contributed by atoms with Crippen LogP contribution in [0.1, 0.15) is 74.6 Å². The lowest BCUT2D eigenvalue weighted by Gasteiger charge is -2.28. The van der Waals surface area contributed by atoms with Crippen LogP contribution in [-0.2, 0) is 35.5 Å². The van der Waals surface area contributed by atoms with Gasteiger partial charge in [0.05, 0.1) is 61.3 Å². The summed E-state index contributed by atoms with van der Waals surface area (Å²) in [5, 5.41) is 5.89. The first-order valence-corrected chi connectivity index (χ1v) is 18.9. The minimum atomic E-state index is -4.83. The SMILES string of the molecule is CCOC(=O)C1CCC(c2ccc(Nc3nc(Nc4ccc(CP(=O)(OCC)OCC)cc4OC)ncc3C(F)(F)F)c3c(=O)c(C)c[nH]c23)CC1. The number of carbonyl (C=O) groups excluding carboxylic acids is 1. The maximum absolute atomic E-state index is 14.3. The standard InChI is InChI=1S/C36H43F3N5O7P/c1-6-49-34(46)24-12-10-23(11-13-24)25-14-16-28(30-31(25)40-18-21(4)32(30)45)42-33-26(36(37,38)39)19-41-35(44-33)43-27-15-9-22(17-29(27)48-5)20-52(47,50-7-2)51-8-3/h9,14-19,23-24H,6-8,10-13,20H2,1-5H3,(H,40,45)(H2,41,42,43,44). The molecular weight excluding hydrogens is 702 g/mol. The molecule has 0 atom stereocenters. The van der Waals surface area contributed by atoms with Crippen molar-refractivity contribution >= 4 is 47.6 Å². The fraction of sp³-hybridized carbons (Fsp3) is 0.444. The number of H-pyrrole nitrogens is 1. The van der Waals surface area contributed by atoms with Crippen LogP contribution in [0.25, 0.3) is 10.9 Å². The van der Waals surface area contributed by atoms with Crippen molar-refractivity contribution in [2.45, 2.75) is 71.6 Å². The number of ether oxygens (including phenoxy) is 2. The molecule has 2 aromatic heterocycles. The highest BCUT2D eigenvalue weighted by atomic mass is 31.2. The van der Waals surface area contributed by atoms with E-state index < -0.39 is 25.2 Å². The van der Waals surface area contributed by atoms with E-state index >= 15 is 0 Å². The van der Waals surface area contributed by atoms with Gasteiger partial charge in [-0.3, -0.25) is 14.2 Å². The van der Waals surface area contributed by atoms with Crippen molar-refractivity contribution < 1.29 is 41.1 Å². The van der Waals surface area contributed by atoms with E-state index in [-0.39, 0.29) is 65.4 Å². The third kappa shape index (κ3) is 8.76. The Balaban J connectivity index is 1.47. The van der Waals surface area contributed by atoms with Crippen LogP contribution in [0.5, 0.6) is 5.75 Å². The Bertz CT molecular complexity index is 2010. The summed E-state index contributed by atoms with van der Waals surface area (Å²) in [7, 11) is -2.00. The van der Waals surface area contributed by atoms with Gasteiger partial charge in [-0.2, -0.15) is 18.2 Å². The predicted molar refractivity (Wildman–Crippen MR) is 192 cm³/mol. The van der Waals surface area contributed by atoms with Crippen molar-refractivity contribution in [1.29, 1.82) is 0 Å². The topological polar surface area (TPSA) is 154 Å². The number of aromatic amines is 1. The number of rotatable bonds is 14.